The highest BCUT2D eigenvalue weighted by atomic mass is 79.9. The first-order valence-electron chi connectivity index (χ1n) is 5.18. The van der Waals surface area contributed by atoms with Crippen LogP contribution in [0.2, 0.25) is 10.0 Å². The molecule has 18 heavy (non-hydrogen) atoms. The highest BCUT2D eigenvalue weighted by molar-refractivity contribution is 9.10. The fourth-order valence-electron chi connectivity index (χ4n) is 1.42. The van der Waals surface area contributed by atoms with Gasteiger partial charge in [0.15, 0.2) is 0 Å². The summed E-state index contributed by atoms with van der Waals surface area (Å²) in [4.78, 5) is 0.980. The molecule has 0 saturated carbocycles. The van der Waals surface area contributed by atoms with E-state index in [1.165, 1.54) is 5.56 Å². The Morgan fingerprint density at radius 1 is 1.11 bits per heavy atom. The lowest BCUT2D eigenvalue weighted by Crippen LogP contribution is -1.88. The van der Waals surface area contributed by atoms with Crippen molar-refractivity contribution >= 4 is 56.6 Å². The van der Waals surface area contributed by atoms with Gasteiger partial charge in [-0.2, -0.15) is 0 Å². The van der Waals surface area contributed by atoms with E-state index in [1.807, 2.05) is 30.3 Å². The van der Waals surface area contributed by atoms with Gasteiger partial charge in [0.05, 0.1) is 5.02 Å². The lowest BCUT2D eigenvalue weighted by Gasteiger charge is -2.07. The Kier molecular flexibility index (Phi) is 4.84. The predicted molar refractivity (Wildman–Crippen MR) is 84.6 cm³/mol. The van der Waals surface area contributed by atoms with Crippen LogP contribution in [-0.2, 0) is 5.75 Å². The van der Waals surface area contributed by atoms with Gasteiger partial charge in [-0.05, 0) is 35.9 Å². The van der Waals surface area contributed by atoms with Gasteiger partial charge in [0.2, 0.25) is 0 Å². The highest BCUT2D eigenvalue weighted by Crippen LogP contribution is 2.33. The Morgan fingerprint density at radius 2 is 1.89 bits per heavy atom. The van der Waals surface area contributed by atoms with E-state index in [9.17, 15) is 0 Å². The van der Waals surface area contributed by atoms with Gasteiger partial charge in [0.1, 0.15) is 0 Å². The zero-order valence-corrected chi connectivity index (χ0v) is 13.2. The molecule has 0 atom stereocenters. The van der Waals surface area contributed by atoms with Gasteiger partial charge in [0, 0.05) is 25.8 Å². The van der Waals surface area contributed by atoms with Crippen molar-refractivity contribution in [1.29, 1.82) is 0 Å². The van der Waals surface area contributed by atoms with E-state index < -0.39 is 0 Å². The fraction of sp³-hybridized carbons (Fsp3) is 0.0769. The summed E-state index contributed by atoms with van der Waals surface area (Å²) in [7, 11) is 0. The number of anilines is 1. The van der Waals surface area contributed by atoms with E-state index in [4.69, 9.17) is 28.9 Å². The molecule has 0 saturated heterocycles. The minimum atomic E-state index is 0.693. The SMILES string of the molecule is Nc1ccc(CSc2cc(Cl)ccc2Cl)c(Br)c1. The van der Waals surface area contributed by atoms with Crippen molar-refractivity contribution in [1.82, 2.24) is 0 Å². The number of hydrogen-bond acceptors (Lipinski definition) is 2. The van der Waals surface area contributed by atoms with E-state index >= 15 is 0 Å². The summed E-state index contributed by atoms with van der Waals surface area (Å²) in [6, 6.07) is 11.3. The van der Waals surface area contributed by atoms with Gasteiger partial charge < -0.3 is 5.73 Å². The minimum Gasteiger partial charge on any atom is -0.399 e. The van der Waals surface area contributed by atoms with E-state index in [2.05, 4.69) is 15.9 Å². The van der Waals surface area contributed by atoms with Crippen LogP contribution in [0.4, 0.5) is 5.69 Å². The van der Waals surface area contributed by atoms with Crippen molar-refractivity contribution in [2.24, 2.45) is 0 Å². The van der Waals surface area contributed by atoms with Gasteiger partial charge in [-0.3, -0.25) is 0 Å². The summed E-state index contributed by atoms with van der Waals surface area (Å²) in [5.41, 5.74) is 7.62. The Morgan fingerprint density at radius 3 is 2.61 bits per heavy atom. The third-order valence-corrected chi connectivity index (χ3v) is 4.87. The maximum atomic E-state index is 6.12. The van der Waals surface area contributed by atoms with Crippen LogP contribution in [0.15, 0.2) is 45.8 Å². The molecule has 0 fully saturated rings. The number of halogens is 3. The smallest absolute Gasteiger partial charge is 0.0543 e. The number of nitrogens with two attached hydrogens (primary N) is 1. The molecule has 0 aliphatic rings. The molecule has 0 heterocycles. The molecule has 2 N–H and O–H groups in total. The molecule has 0 aromatic heterocycles. The summed E-state index contributed by atoms with van der Waals surface area (Å²) in [5.74, 6) is 0.806. The zero-order valence-electron chi connectivity index (χ0n) is 9.29. The van der Waals surface area contributed by atoms with E-state index in [0.29, 0.717) is 5.02 Å². The summed E-state index contributed by atoms with van der Waals surface area (Å²) in [5, 5.41) is 1.41. The van der Waals surface area contributed by atoms with Gasteiger partial charge in [-0.15, -0.1) is 11.8 Å². The standard InChI is InChI=1S/C13H10BrCl2NS/c14-11-6-10(17)3-1-8(11)7-18-13-5-9(15)2-4-12(13)16/h1-6H,7,17H2. The average Bonchev–Trinajstić information content (AvgIpc) is 2.32. The number of hydrogen-bond donors (Lipinski definition) is 1. The predicted octanol–water partition coefficient (Wildman–Crippen LogP) is 5.63. The number of nitrogen functional groups attached to an aromatic ring is 1. The van der Waals surface area contributed by atoms with Crippen molar-refractivity contribution < 1.29 is 0 Å². The Bertz CT molecular complexity index is 575. The van der Waals surface area contributed by atoms with Crippen LogP contribution >= 0.6 is 50.9 Å². The normalized spacial score (nSPS) is 10.6. The molecule has 0 unspecified atom stereocenters. The van der Waals surface area contributed by atoms with Crippen molar-refractivity contribution in [2.75, 3.05) is 5.73 Å². The lowest BCUT2D eigenvalue weighted by molar-refractivity contribution is 1.36. The second-order valence-electron chi connectivity index (χ2n) is 3.71. The summed E-state index contributed by atoms with van der Waals surface area (Å²) >= 11 is 17.2. The molecule has 1 nitrogen and oxygen atoms in total. The molecule has 0 aliphatic carbocycles. The Labute approximate surface area is 129 Å². The summed E-state index contributed by atoms with van der Waals surface area (Å²) in [6.07, 6.45) is 0. The van der Waals surface area contributed by atoms with Crippen LogP contribution in [0.1, 0.15) is 5.56 Å². The Hall–Kier alpha value is -0.350. The monoisotopic (exact) mass is 361 g/mol. The van der Waals surface area contributed by atoms with Crippen LogP contribution in [0.25, 0.3) is 0 Å². The topological polar surface area (TPSA) is 26.0 Å². The highest BCUT2D eigenvalue weighted by Gasteiger charge is 2.05. The van der Waals surface area contributed by atoms with Crippen molar-refractivity contribution in [3.05, 3.63) is 56.5 Å². The molecule has 0 bridgehead atoms. The van der Waals surface area contributed by atoms with Crippen molar-refractivity contribution in [2.45, 2.75) is 10.6 Å². The molecule has 5 heteroatoms. The van der Waals surface area contributed by atoms with Crippen LogP contribution in [0.5, 0.6) is 0 Å². The van der Waals surface area contributed by atoms with Gasteiger partial charge in [-0.25, -0.2) is 0 Å². The van der Waals surface area contributed by atoms with Gasteiger partial charge in [0.25, 0.3) is 0 Å². The molecule has 0 spiro atoms. The van der Waals surface area contributed by atoms with Crippen LogP contribution in [0, 0.1) is 0 Å². The molecule has 2 aromatic rings. The number of thioether (sulfide) groups is 1. The van der Waals surface area contributed by atoms with Crippen LogP contribution in [-0.4, -0.2) is 0 Å². The maximum Gasteiger partial charge on any atom is 0.0543 e. The molecule has 94 valence electrons. The second kappa shape index (κ2) is 6.20. The van der Waals surface area contributed by atoms with Gasteiger partial charge in [-0.1, -0.05) is 45.2 Å². The van der Waals surface area contributed by atoms with Gasteiger partial charge >= 0.3 is 0 Å². The fourth-order valence-corrected chi connectivity index (χ4v) is 3.64. The molecule has 0 amide bonds. The zero-order chi connectivity index (χ0) is 13.1. The molecule has 2 rings (SSSR count). The summed E-state index contributed by atoms with van der Waals surface area (Å²) in [6.45, 7) is 0. The molecule has 0 radical (unpaired) electrons. The number of rotatable bonds is 3. The quantitative estimate of drug-likeness (QED) is 0.565. The molecule has 0 aliphatic heterocycles. The molecular formula is C13H10BrCl2NS. The van der Waals surface area contributed by atoms with E-state index in [-0.39, 0.29) is 0 Å². The largest absolute Gasteiger partial charge is 0.399 e. The summed E-state index contributed by atoms with van der Waals surface area (Å²) < 4.78 is 1.01. The third-order valence-electron chi connectivity index (χ3n) is 2.35. The van der Waals surface area contributed by atoms with Crippen LogP contribution < -0.4 is 5.73 Å². The second-order valence-corrected chi connectivity index (χ2v) is 6.43. The maximum absolute atomic E-state index is 6.12. The van der Waals surface area contributed by atoms with Crippen molar-refractivity contribution in [3.63, 3.8) is 0 Å². The molecule has 2 aromatic carbocycles. The molecular weight excluding hydrogens is 353 g/mol. The lowest BCUT2D eigenvalue weighted by atomic mass is 10.2. The third kappa shape index (κ3) is 3.58. The first-order valence-corrected chi connectivity index (χ1v) is 7.71. The number of benzene rings is 2. The average molecular weight is 363 g/mol. The van der Waals surface area contributed by atoms with Crippen molar-refractivity contribution in [3.8, 4) is 0 Å². The first-order chi connectivity index (χ1) is 8.56. The van der Waals surface area contributed by atoms with E-state index in [0.717, 1.165) is 25.8 Å². The first kappa shape index (κ1) is 14.1. The van der Waals surface area contributed by atoms with E-state index in [1.54, 1.807) is 17.8 Å². The Balaban J connectivity index is 2.13. The van der Waals surface area contributed by atoms with Crippen LogP contribution in [0.3, 0.4) is 0 Å². The minimum absolute atomic E-state index is 0.693.